The Bertz CT molecular complexity index is 1310. The van der Waals surface area contributed by atoms with Crippen molar-refractivity contribution in [2.45, 2.75) is 32.4 Å². The van der Waals surface area contributed by atoms with Crippen molar-refractivity contribution in [1.82, 2.24) is 10.2 Å². The van der Waals surface area contributed by atoms with Gasteiger partial charge < -0.3 is 15.4 Å². The summed E-state index contributed by atoms with van der Waals surface area (Å²) < 4.78 is 5.65. The van der Waals surface area contributed by atoms with Gasteiger partial charge in [-0.15, -0.1) is 11.3 Å². The fourth-order valence-corrected chi connectivity index (χ4v) is 4.73. The second kappa shape index (κ2) is 9.34. The SMILES string of the molecule is CCOc1ccc(CN2C(=O)c3ccccc3C2=O)cc1C(=O)Nc1sccc1C(=O)NC1CC1. The standard InChI is InChI=1S/C26H23N3O5S/c1-2-34-21-10-7-15(14-29-25(32)17-5-3-4-6-18(17)26(29)33)13-20(21)23(31)28-24-19(11-12-35-24)22(30)27-16-8-9-16/h3-7,10-13,16H,2,8-9,14H2,1H3,(H,27,30)(H,28,31). The van der Waals surface area contributed by atoms with Crippen molar-refractivity contribution >= 4 is 40.0 Å². The normalized spacial score (nSPS) is 14.6. The summed E-state index contributed by atoms with van der Waals surface area (Å²) in [5.41, 5.74) is 2.01. The average Bonchev–Trinajstić information content (AvgIpc) is 3.50. The Balaban J connectivity index is 1.38. The summed E-state index contributed by atoms with van der Waals surface area (Å²) >= 11 is 1.26. The number of nitrogens with one attached hydrogen (secondary N) is 2. The number of ether oxygens (including phenoxy) is 1. The highest BCUT2D eigenvalue weighted by atomic mass is 32.1. The number of rotatable bonds is 8. The Kier molecular flexibility index (Phi) is 6.08. The van der Waals surface area contributed by atoms with Gasteiger partial charge in [-0.05, 0) is 61.0 Å². The molecule has 1 saturated carbocycles. The van der Waals surface area contributed by atoms with E-state index >= 15 is 0 Å². The van der Waals surface area contributed by atoms with Gasteiger partial charge in [0.05, 0.1) is 35.4 Å². The van der Waals surface area contributed by atoms with E-state index in [-0.39, 0.29) is 35.9 Å². The monoisotopic (exact) mass is 489 g/mol. The van der Waals surface area contributed by atoms with Crippen molar-refractivity contribution < 1.29 is 23.9 Å². The van der Waals surface area contributed by atoms with Gasteiger partial charge >= 0.3 is 0 Å². The number of fused-ring (bicyclic) bond motifs is 1. The predicted molar refractivity (Wildman–Crippen MR) is 131 cm³/mol. The summed E-state index contributed by atoms with van der Waals surface area (Å²) in [6.07, 6.45) is 1.93. The lowest BCUT2D eigenvalue weighted by Gasteiger charge is -2.16. The van der Waals surface area contributed by atoms with Gasteiger partial charge in [0, 0.05) is 6.04 Å². The van der Waals surface area contributed by atoms with E-state index in [1.165, 1.54) is 16.2 Å². The molecule has 35 heavy (non-hydrogen) atoms. The number of carbonyl (C=O) groups is 4. The molecular weight excluding hydrogens is 466 g/mol. The van der Waals surface area contributed by atoms with Gasteiger partial charge in [-0.1, -0.05) is 18.2 Å². The van der Waals surface area contributed by atoms with Crippen LogP contribution in [0.4, 0.5) is 5.00 Å². The molecule has 9 heteroatoms. The van der Waals surface area contributed by atoms with Crippen molar-refractivity contribution in [3.8, 4) is 5.75 Å². The van der Waals surface area contributed by atoms with E-state index in [9.17, 15) is 19.2 Å². The Morgan fingerprint density at radius 1 is 1.00 bits per heavy atom. The quantitative estimate of drug-likeness (QED) is 0.464. The second-order valence-corrected chi connectivity index (χ2v) is 9.29. The fourth-order valence-electron chi connectivity index (χ4n) is 3.95. The minimum atomic E-state index is -0.444. The summed E-state index contributed by atoms with van der Waals surface area (Å²) in [5, 5.41) is 7.95. The van der Waals surface area contributed by atoms with Crippen LogP contribution >= 0.6 is 11.3 Å². The molecule has 8 nitrogen and oxygen atoms in total. The molecule has 2 aliphatic rings. The van der Waals surface area contributed by atoms with Crippen molar-refractivity contribution in [1.29, 1.82) is 0 Å². The number of nitrogens with zero attached hydrogens (tertiary/aromatic N) is 1. The minimum Gasteiger partial charge on any atom is -0.493 e. The van der Waals surface area contributed by atoms with Crippen LogP contribution in [0.25, 0.3) is 0 Å². The maximum absolute atomic E-state index is 13.3. The molecule has 4 amide bonds. The summed E-state index contributed by atoms with van der Waals surface area (Å²) in [7, 11) is 0. The van der Waals surface area contributed by atoms with Crippen LogP contribution in [0.1, 0.15) is 66.8 Å². The number of hydrogen-bond donors (Lipinski definition) is 2. The van der Waals surface area contributed by atoms with E-state index in [0.29, 0.717) is 39.6 Å². The molecule has 1 fully saturated rings. The van der Waals surface area contributed by atoms with Crippen molar-refractivity contribution in [3.63, 3.8) is 0 Å². The lowest BCUT2D eigenvalue weighted by molar-refractivity contribution is 0.0642. The number of hydrogen-bond acceptors (Lipinski definition) is 6. The first-order valence-corrected chi connectivity index (χ1v) is 12.2. The van der Waals surface area contributed by atoms with Crippen molar-refractivity contribution in [2.24, 2.45) is 0 Å². The zero-order valence-electron chi connectivity index (χ0n) is 19.0. The Labute approximate surface area is 205 Å². The zero-order valence-corrected chi connectivity index (χ0v) is 19.8. The number of imide groups is 1. The number of anilines is 1. The van der Waals surface area contributed by atoms with E-state index in [1.54, 1.807) is 53.9 Å². The Morgan fingerprint density at radius 2 is 1.71 bits per heavy atom. The average molecular weight is 490 g/mol. The van der Waals surface area contributed by atoms with Gasteiger partial charge in [0.25, 0.3) is 23.6 Å². The molecule has 3 aromatic rings. The highest BCUT2D eigenvalue weighted by molar-refractivity contribution is 7.14. The fraction of sp³-hybridized carbons (Fsp3) is 0.231. The van der Waals surface area contributed by atoms with Crippen LogP contribution in [0.5, 0.6) is 5.75 Å². The number of amides is 4. The molecule has 0 radical (unpaired) electrons. The molecule has 2 aromatic carbocycles. The molecule has 1 aromatic heterocycles. The topological polar surface area (TPSA) is 105 Å². The second-order valence-electron chi connectivity index (χ2n) is 8.37. The zero-order chi connectivity index (χ0) is 24.5. The summed E-state index contributed by atoms with van der Waals surface area (Å²) in [6, 6.07) is 13.6. The molecule has 5 rings (SSSR count). The van der Waals surface area contributed by atoms with Crippen molar-refractivity contribution in [3.05, 3.63) is 81.7 Å². The first kappa shape index (κ1) is 22.8. The molecule has 1 aliphatic carbocycles. The van der Waals surface area contributed by atoms with Crippen molar-refractivity contribution in [2.75, 3.05) is 11.9 Å². The van der Waals surface area contributed by atoms with E-state index in [1.807, 2.05) is 6.92 Å². The molecule has 2 heterocycles. The van der Waals surface area contributed by atoms with E-state index in [2.05, 4.69) is 10.6 Å². The molecule has 178 valence electrons. The van der Waals surface area contributed by atoms with Crippen LogP contribution in [0, 0.1) is 0 Å². The molecule has 2 N–H and O–H groups in total. The smallest absolute Gasteiger partial charge is 0.261 e. The minimum absolute atomic E-state index is 0.0209. The van der Waals surface area contributed by atoms with Crippen LogP contribution in [0.2, 0.25) is 0 Å². The maximum atomic E-state index is 13.3. The van der Waals surface area contributed by atoms with Gasteiger partial charge in [0.15, 0.2) is 0 Å². The Morgan fingerprint density at radius 3 is 2.37 bits per heavy atom. The van der Waals surface area contributed by atoms with Gasteiger partial charge in [-0.2, -0.15) is 0 Å². The number of thiophene rings is 1. The van der Waals surface area contributed by atoms with Gasteiger partial charge in [0.2, 0.25) is 0 Å². The number of benzene rings is 2. The Hall–Kier alpha value is -3.98. The van der Waals surface area contributed by atoms with Crippen LogP contribution < -0.4 is 15.4 Å². The van der Waals surface area contributed by atoms with E-state index < -0.39 is 5.91 Å². The van der Waals surface area contributed by atoms with Crippen LogP contribution in [0.15, 0.2) is 53.9 Å². The predicted octanol–water partition coefficient (Wildman–Crippen LogP) is 4.09. The highest BCUT2D eigenvalue weighted by Crippen LogP contribution is 2.29. The third-order valence-corrected chi connectivity index (χ3v) is 6.69. The van der Waals surface area contributed by atoms with Gasteiger partial charge in [-0.25, -0.2) is 0 Å². The summed E-state index contributed by atoms with van der Waals surface area (Å²) in [4.78, 5) is 52.5. The first-order valence-electron chi connectivity index (χ1n) is 11.4. The van der Waals surface area contributed by atoms with Crippen LogP contribution in [-0.2, 0) is 6.54 Å². The molecule has 0 bridgehead atoms. The molecule has 0 saturated heterocycles. The molecule has 0 atom stereocenters. The van der Waals surface area contributed by atoms with Gasteiger partial charge in [0.1, 0.15) is 10.8 Å². The summed E-state index contributed by atoms with van der Waals surface area (Å²) in [6.45, 7) is 2.19. The van der Waals surface area contributed by atoms with E-state index in [4.69, 9.17) is 4.74 Å². The van der Waals surface area contributed by atoms with Gasteiger partial charge in [-0.3, -0.25) is 24.1 Å². The highest BCUT2D eigenvalue weighted by Gasteiger charge is 2.35. The third-order valence-electron chi connectivity index (χ3n) is 5.86. The molecule has 0 unspecified atom stereocenters. The maximum Gasteiger partial charge on any atom is 0.261 e. The first-order chi connectivity index (χ1) is 17.0. The third kappa shape index (κ3) is 4.54. The summed E-state index contributed by atoms with van der Waals surface area (Å²) in [5.74, 6) is -1.02. The van der Waals surface area contributed by atoms with Crippen LogP contribution in [-0.4, -0.2) is 41.2 Å². The molecular formula is C26H23N3O5S. The molecule has 1 aliphatic heterocycles. The largest absolute Gasteiger partial charge is 0.493 e. The van der Waals surface area contributed by atoms with E-state index in [0.717, 1.165) is 12.8 Å². The molecule has 0 spiro atoms. The lowest BCUT2D eigenvalue weighted by atomic mass is 10.1. The lowest BCUT2D eigenvalue weighted by Crippen LogP contribution is -2.29. The number of carbonyl (C=O) groups excluding carboxylic acids is 4. The van der Waals surface area contributed by atoms with Crippen LogP contribution in [0.3, 0.4) is 0 Å².